The van der Waals surface area contributed by atoms with Crippen LogP contribution in [0.2, 0.25) is 0 Å². The lowest BCUT2D eigenvalue weighted by Crippen LogP contribution is -2.51. The van der Waals surface area contributed by atoms with E-state index in [1.165, 1.54) is 18.9 Å². The van der Waals surface area contributed by atoms with Crippen LogP contribution >= 0.6 is 0 Å². The number of benzene rings is 2. The maximum atomic E-state index is 14.8. The number of piperidine rings is 1. The van der Waals surface area contributed by atoms with Gasteiger partial charge in [-0.25, -0.2) is 4.39 Å². The second-order valence-electron chi connectivity index (χ2n) is 11.4. The molecule has 2 aromatic carbocycles. The van der Waals surface area contributed by atoms with Crippen LogP contribution in [0.5, 0.6) is 0 Å². The fourth-order valence-electron chi connectivity index (χ4n) is 5.89. The molecule has 0 aliphatic carbocycles. The van der Waals surface area contributed by atoms with Gasteiger partial charge in [0.1, 0.15) is 18.1 Å². The summed E-state index contributed by atoms with van der Waals surface area (Å²) in [5.74, 6) is -0.0918. The molecule has 0 aromatic heterocycles. The van der Waals surface area contributed by atoms with Crippen LogP contribution in [-0.2, 0) is 16.0 Å². The first kappa shape index (κ1) is 30.2. The van der Waals surface area contributed by atoms with Crippen molar-refractivity contribution in [3.8, 4) is 0 Å². The van der Waals surface area contributed by atoms with Crippen LogP contribution in [0.4, 0.5) is 4.39 Å². The van der Waals surface area contributed by atoms with Crippen molar-refractivity contribution in [3.05, 3.63) is 70.5 Å². The van der Waals surface area contributed by atoms with Crippen LogP contribution in [0, 0.1) is 17.1 Å². The molecule has 3 aliphatic heterocycles. The molecule has 0 radical (unpaired) electrons. The van der Waals surface area contributed by atoms with E-state index in [4.69, 9.17) is 15.9 Å². The molecular formula is C31H42FN7O3. The summed E-state index contributed by atoms with van der Waals surface area (Å²) in [5, 5.41) is 18.7. The van der Waals surface area contributed by atoms with Gasteiger partial charge in [-0.15, -0.1) is 0 Å². The number of primary amides is 1. The summed E-state index contributed by atoms with van der Waals surface area (Å²) in [6.45, 7) is 7.74. The number of rotatable bonds is 13. The number of amides is 2. The number of nitrogens with two attached hydrogens (primary N) is 1. The second kappa shape index (κ2) is 14.3. The Kier molecular flexibility index (Phi) is 10.3. The third-order valence-electron chi connectivity index (χ3n) is 8.41. The predicted octanol–water partition coefficient (Wildman–Crippen LogP) is 1.26. The van der Waals surface area contributed by atoms with Crippen LogP contribution in [0.25, 0.3) is 0 Å². The van der Waals surface area contributed by atoms with Gasteiger partial charge < -0.3 is 36.7 Å². The van der Waals surface area contributed by atoms with E-state index in [9.17, 15) is 14.0 Å². The fourth-order valence-corrected chi connectivity index (χ4v) is 5.89. The third kappa shape index (κ3) is 7.78. The molecule has 226 valence electrons. The fraction of sp³-hybridized carbons (Fsp3) is 0.516. The van der Waals surface area contributed by atoms with Crippen molar-refractivity contribution < 1.29 is 18.7 Å². The molecule has 3 aliphatic rings. The molecule has 5 rings (SSSR count). The summed E-state index contributed by atoms with van der Waals surface area (Å²) >= 11 is 0. The highest BCUT2D eigenvalue weighted by Gasteiger charge is 2.47. The van der Waals surface area contributed by atoms with Gasteiger partial charge in [-0.2, -0.15) is 0 Å². The molecule has 6 N–H and O–H groups in total. The minimum atomic E-state index is -0.585. The molecule has 3 heterocycles. The smallest absolute Gasteiger partial charge is 0.249 e. The van der Waals surface area contributed by atoms with Crippen LogP contribution in [0.1, 0.15) is 46.0 Å². The van der Waals surface area contributed by atoms with Crippen molar-refractivity contribution >= 4 is 17.5 Å². The first-order chi connectivity index (χ1) is 20.4. The van der Waals surface area contributed by atoms with Crippen LogP contribution in [0.15, 0.2) is 42.5 Å². The van der Waals surface area contributed by atoms with E-state index in [2.05, 4.69) is 20.9 Å². The number of hydrogen-bond acceptors (Lipinski definition) is 8. The van der Waals surface area contributed by atoms with Gasteiger partial charge >= 0.3 is 0 Å². The molecular weight excluding hydrogens is 537 g/mol. The molecule has 0 spiro atoms. The number of carbonyl (C=O) groups excluding carboxylic acids is 2. The van der Waals surface area contributed by atoms with Crippen molar-refractivity contribution in [2.75, 3.05) is 65.4 Å². The Morgan fingerprint density at radius 2 is 1.74 bits per heavy atom. The van der Waals surface area contributed by atoms with Crippen molar-refractivity contribution in [1.29, 1.82) is 5.41 Å². The first-order valence-corrected chi connectivity index (χ1v) is 14.9. The zero-order chi connectivity index (χ0) is 29.5. The summed E-state index contributed by atoms with van der Waals surface area (Å²) in [5.41, 5.74) is 7.70. The molecule has 10 nitrogen and oxygen atoms in total. The van der Waals surface area contributed by atoms with E-state index in [0.29, 0.717) is 49.4 Å². The molecule has 3 saturated heterocycles. The molecule has 2 unspecified atom stereocenters. The van der Waals surface area contributed by atoms with Crippen LogP contribution in [-0.4, -0.2) is 99.0 Å². The molecule has 3 fully saturated rings. The Morgan fingerprint density at radius 3 is 2.48 bits per heavy atom. The number of epoxide rings is 1. The molecule has 0 bridgehead atoms. The van der Waals surface area contributed by atoms with E-state index in [-0.39, 0.29) is 30.1 Å². The standard InChI is InChI=1S/C31H42FN7O3/c32-26-6-5-22(18-27(33)23-3-1-2-4-24(23)30(34)41)17-25(26)29-31(42-29)39-15-13-38(14-16-39)28(40)20-37-12-11-36-19-21-7-9-35-10-8-21/h1-6,17,21,29,31,33,35-37H,7-16,18-20H2,(H2,34,41). The van der Waals surface area contributed by atoms with Crippen molar-refractivity contribution in [3.63, 3.8) is 0 Å². The quantitative estimate of drug-likeness (QED) is 0.137. The zero-order valence-electron chi connectivity index (χ0n) is 24.0. The lowest BCUT2D eigenvalue weighted by molar-refractivity contribution is -0.132. The first-order valence-electron chi connectivity index (χ1n) is 14.9. The van der Waals surface area contributed by atoms with Gasteiger partial charge in [0.2, 0.25) is 11.8 Å². The topological polar surface area (TPSA) is 139 Å². The molecule has 42 heavy (non-hydrogen) atoms. The normalized spacial score (nSPS) is 21.3. The number of nitrogens with one attached hydrogen (secondary N) is 4. The highest BCUT2D eigenvalue weighted by molar-refractivity contribution is 6.09. The Hall–Kier alpha value is -3.22. The van der Waals surface area contributed by atoms with Crippen molar-refractivity contribution in [2.45, 2.75) is 31.6 Å². The monoisotopic (exact) mass is 579 g/mol. The van der Waals surface area contributed by atoms with E-state index in [1.807, 2.05) is 4.90 Å². The highest BCUT2D eigenvalue weighted by atomic mass is 19.1. The van der Waals surface area contributed by atoms with E-state index in [1.54, 1.807) is 36.4 Å². The molecule has 11 heteroatoms. The van der Waals surface area contributed by atoms with Gasteiger partial charge in [-0.05, 0) is 62.2 Å². The SMILES string of the molecule is N=C(Cc1ccc(F)c(C2OC2N2CCN(C(=O)CNCCNCC3CCNCC3)CC2)c1)c1ccccc1C(N)=O. The van der Waals surface area contributed by atoms with Crippen molar-refractivity contribution in [1.82, 2.24) is 25.8 Å². The zero-order valence-corrected chi connectivity index (χ0v) is 24.0. The predicted molar refractivity (Wildman–Crippen MR) is 159 cm³/mol. The highest BCUT2D eigenvalue weighted by Crippen LogP contribution is 2.42. The Morgan fingerprint density at radius 1 is 1.02 bits per heavy atom. The Labute approximate surface area is 246 Å². The Bertz CT molecular complexity index is 1260. The number of hydrogen-bond donors (Lipinski definition) is 5. The summed E-state index contributed by atoms with van der Waals surface area (Å²) in [7, 11) is 0. The van der Waals surface area contributed by atoms with E-state index >= 15 is 0 Å². The number of piperazine rings is 1. The molecule has 2 amide bonds. The summed E-state index contributed by atoms with van der Waals surface area (Å²) < 4.78 is 20.7. The largest absolute Gasteiger partial charge is 0.366 e. The van der Waals surface area contributed by atoms with Crippen molar-refractivity contribution in [2.24, 2.45) is 11.7 Å². The lowest BCUT2D eigenvalue weighted by atomic mass is 9.96. The maximum absolute atomic E-state index is 14.8. The minimum absolute atomic E-state index is 0.0976. The number of carbonyl (C=O) groups is 2. The van der Waals surface area contributed by atoms with E-state index in [0.717, 1.165) is 44.2 Å². The minimum Gasteiger partial charge on any atom is -0.366 e. The van der Waals surface area contributed by atoms with Gasteiger partial charge in [0.15, 0.2) is 0 Å². The number of halogens is 1. The Balaban J connectivity index is 1.04. The summed E-state index contributed by atoms with van der Waals surface area (Å²) in [6.07, 6.45) is 2.06. The van der Waals surface area contributed by atoms with Gasteiger partial charge in [0.05, 0.1) is 6.54 Å². The van der Waals surface area contributed by atoms with Crippen LogP contribution < -0.4 is 21.7 Å². The summed E-state index contributed by atoms with van der Waals surface area (Å²) in [4.78, 5) is 28.5. The molecule has 2 atom stereocenters. The van der Waals surface area contributed by atoms with Gasteiger partial charge in [-0.3, -0.25) is 14.5 Å². The molecule has 2 aromatic rings. The molecule has 0 saturated carbocycles. The third-order valence-corrected chi connectivity index (χ3v) is 8.41. The average molecular weight is 580 g/mol. The number of nitrogens with zero attached hydrogens (tertiary/aromatic N) is 2. The number of ether oxygens (including phenoxy) is 1. The van der Waals surface area contributed by atoms with Gasteiger partial charge in [-0.1, -0.05) is 24.3 Å². The lowest BCUT2D eigenvalue weighted by Gasteiger charge is -2.34. The second-order valence-corrected chi connectivity index (χ2v) is 11.4. The average Bonchev–Trinajstić information content (AvgIpc) is 3.81. The van der Waals surface area contributed by atoms with Crippen LogP contribution in [0.3, 0.4) is 0 Å². The maximum Gasteiger partial charge on any atom is 0.249 e. The van der Waals surface area contributed by atoms with Gasteiger partial charge in [0.25, 0.3) is 0 Å². The summed E-state index contributed by atoms with van der Waals surface area (Å²) in [6, 6.07) is 11.6. The van der Waals surface area contributed by atoms with Gasteiger partial charge in [0, 0.05) is 68.1 Å². The van der Waals surface area contributed by atoms with E-state index < -0.39 is 12.0 Å².